The summed E-state index contributed by atoms with van der Waals surface area (Å²) in [5.41, 5.74) is 5.58. The molecule has 0 aromatic heterocycles. The lowest BCUT2D eigenvalue weighted by Crippen LogP contribution is -2.20. The van der Waals surface area contributed by atoms with Gasteiger partial charge >= 0.3 is 0 Å². The highest BCUT2D eigenvalue weighted by molar-refractivity contribution is 5.33. The summed E-state index contributed by atoms with van der Waals surface area (Å²) in [5.74, 6) is 0.547. The maximum Gasteiger partial charge on any atom is 0.0210 e. The van der Waals surface area contributed by atoms with Gasteiger partial charge < -0.3 is 5.32 Å². The van der Waals surface area contributed by atoms with E-state index in [1.54, 1.807) is 0 Å². The molecule has 0 saturated heterocycles. The second kappa shape index (κ2) is 6.53. The fraction of sp³-hybridized carbons (Fsp3) is 0.333. The zero-order valence-electron chi connectivity index (χ0n) is 12.1. The molecule has 100 valence electrons. The number of benzene rings is 2. The Morgan fingerprint density at radius 2 is 1.53 bits per heavy atom. The minimum atomic E-state index is 0.547. The van der Waals surface area contributed by atoms with Crippen LogP contribution in [0, 0.1) is 13.8 Å². The average Bonchev–Trinajstić information content (AvgIpc) is 2.43. The first-order valence-electron chi connectivity index (χ1n) is 6.99. The lowest BCUT2D eigenvalue weighted by atomic mass is 10.0. The van der Waals surface area contributed by atoms with Gasteiger partial charge in [-0.15, -0.1) is 0 Å². The first-order chi connectivity index (χ1) is 9.18. The molecule has 0 aliphatic heterocycles. The van der Waals surface area contributed by atoms with Crippen molar-refractivity contribution in [2.45, 2.75) is 33.2 Å². The van der Waals surface area contributed by atoms with Gasteiger partial charge in [-0.2, -0.15) is 0 Å². The molecule has 0 fully saturated rings. The lowest BCUT2D eigenvalue weighted by Gasteiger charge is -2.15. The Hall–Kier alpha value is -1.60. The van der Waals surface area contributed by atoms with E-state index in [1.165, 1.54) is 22.3 Å². The summed E-state index contributed by atoms with van der Waals surface area (Å²) < 4.78 is 0. The molecule has 0 heterocycles. The Labute approximate surface area is 116 Å². The van der Waals surface area contributed by atoms with Gasteiger partial charge in [-0.05, 0) is 42.0 Å². The molecule has 1 atom stereocenters. The number of rotatable bonds is 5. The molecular weight excluding hydrogens is 230 g/mol. The third kappa shape index (κ3) is 3.68. The third-order valence-electron chi connectivity index (χ3n) is 3.77. The van der Waals surface area contributed by atoms with Crippen LogP contribution in [0.2, 0.25) is 0 Å². The summed E-state index contributed by atoms with van der Waals surface area (Å²) in [6.45, 7) is 8.61. The Balaban J connectivity index is 1.90. The van der Waals surface area contributed by atoms with Crippen LogP contribution in [-0.2, 0) is 6.54 Å². The second-order valence-corrected chi connectivity index (χ2v) is 5.31. The van der Waals surface area contributed by atoms with E-state index < -0.39 is 0 Å². The van der Waals surface area contributed by atoms with Crippen molar-refractivity contribution in [3.63, 3.8) is 0 Å². The summed E-state index contributed by atoms with van der Waals surface area (Å²) in [6, 6.07) is 17.2. The van der Waals surface area contributed by atoms with Crippen molar-refractivity contribution in [2.75, 3.05) is 6.54 Å². The van der Waals surface area contributed by atoms with Crippen LogP contribution in [0.3, 0.4) is 0 Å². The van der Waals surface area contributed by atoms with Crippen molar-refractivity contribution in [1.82, 2.24) is 5.32 Å². The molecule has 0 aliphatic carbocycles. The smallest absolute Gasteiger partial charge is 0.0210 e. The normalized spacial score (nSPS) is 12.4. The fourth-order valence-corrected chi connectivity index (χ4v) is 2.44. The van der Waals surface area contributed by atoms with Crippen LogP contribution in [0.25, 0.3) is 0 Å². The standard InChI is InChI=1S/C18H23N/c1-14-8-7-9-15(2)18(14)13-19-12-16(3)17-10-5-4-6-11-17/h4-11,16,19H,12-13H2,1-3H3. The van der Waals surface area contributed by atoms with E-state index >= 15 is 0 Å². The molecule has 2 rings (SSSR count). The van der Waals surface area contributed by atoms with Gasteiger partial charge in [-0.3, -0.25) is 0 Å². The molecule has 2 aromatic rings. The summed E-state index contributed by atoms with van der Waals surface area (Å²) in [6.07, 6.45) is 0. The van der Waals surface area contributed by atoms with Crippen molar-refractivity contribution in [3.8, 4) is 0 Å². The molecule has 0 radical (unpaired) electrons. The van der Waals surface area contributed by atoms with E-state index in [0.717, 1.165) is 13.1 Å². The van der Waals surface area contributed by atoms with Crippen LogP contribution in [0.15, 0.2) is 48.5 Å². The predicted molar refractivity (Wildman–Crippen MR) is 82.5 cm³/mol. The molecule has 1 nitrogen and oxygen atoms in total. The van der Waals surface area contributed by atoms with Gasteiger partial charge in [0, 0.05) is 13.1 Å². The van der Waals surface area contributed by atoms with Gasteiger partial charge in [0.15, 0.2) is 0 Å². The minimum Gasteiger partial charge on any atom is -0.312 e. The molecule has 1 heteroatoms. The summed E-state index contributed by atoms with van der Waals surface area (Å²) in [7, 11) is 0. The van der Waals surface area contributed by atoms with Gasteiger partial charge in [-0.25, -0.2) is 0 Å². The molecule has 1 N–H and O–H groups in total. The van der Waals surface area contributed by atoms with Crippen LogP contribution in [0.4, 0.5) is 0 Å². The van der Waals surface area contributed by atoms with E-state index in [1.807, 2.05) is 0 Å². The molecule has 2 aromatic carbocycles. The zero-order valence-corrected chi connectivity index (χ0v) is 12.1. The van der Waals surface area contributed by atoms with Crippen LogP contribution < -0.4 is 5.32 Å². The van der Waals surface area contributed by atoms with Crippen LogP contribution in [-0.4, -0.2) is 6.54 Å². The monoisotopic (exact) mass is 253 g/mol. The second-order valence-electron chi connectivity index (χ2n) is 5.31. The largest absolute Gasteiger partial charge is 0.312 e. The van der Waals surface area contributed by atoms with Crippen LogP contribution >= 0.6 is 0 Å². The molecular formula is C18H23N. The Kier molecular flexibility index (Phi) is 4.75. The van der Waals surface area contributed by atoms with Crippen molar-refractivity contribution >= 4 is 0 Å². The number of hydrogen-bond donors (Lipinski definition) is 1. The van der Waals surface area contributed by atoms with Gasteiger partial charge in [0.2, 0.25) is 0 Å². The summed E-state index contributed by atoms with van der Waals surface area (Å²) >= 11 is 0. The molecule has 19 heavy (non-hydrogen) atoms. The first-order valence-corrected chi connectivity index (χ1v) is 6.99. The van der Waals surface area contributed by atoms with E-state index in [9.17, 15) is 0 Å². The zero-order chi connectivity index (χ0) is 13.7. The lowest BCUT2D eigenvalue weighted by molar-refractivity contribution is 0.612. The van der Waals surface area contributed by atoms with Crippen molar-refractivity contribution in [3.05, 3.63) is 70.8 Å². The number of hydrogen-bond acceptors (Lipinski definition) is 1. The van der Waals surface area contributed by atoms with E-state index in [4.69, 9.17) is 0 Å². The molecule has 0 amide bonds. The van der Waals surface area contributed by atoms with E-state index in [2.05, 4.69) is 74.6 Å². The highest BCUT2D eigenvalue weighted by Crippen LogP contribution is 2.15. The number of nitrogens with one attached hydrogen (secondary N) is 1. The molecule has 0 aliphatic rings. The maximum atomic E-state index is 3.58. The van der Waals surface area contributed by atoms with Gasteiger partial charge in [0.1, 0.15) is 0 Å². The summed E-state index contributed by atoms with van der Waals surface area (Å²) in [4.78, 5) is 0. The SMILES string of the molecule is Cc1cccc(C)c1CNCC(C)c1ccccc1. The van der Waals surface area contributed by atoms with Gasteiger partial charge in [-0.1, -0.05) is 55.5 Å². The molecule has 0 spiro atoms. The van der Waals surface area contributed by atoms with E-state index in [0.29, 0.717) is 5.92 Å². The van der Waals surface area contributed by atoms with Gasteiger partial charge in [0.25, 0.3) is 0 Å². The van der Waals surface area contributed by atoms with Crippen molar-refractivity contribution in [2.24, 2.45) is 0 Å². The Morgan fingerprint density at radius 3 is 2.16 bits per heavy atom. The quantitative estimate of drug-likeness (QED) is 0.842. The van der Waals surface area contributed by atoms with E-state index in [-0.39, 0.29) is 0 Å². The Morgan fingerprint density at radius 1 is 0.895 bits per heavy atom. The minimum absolute atomic E-state index is 0.547. The maximum absolute atomic E-state index is 3.58. The summed E-state index contributed by atoms with van der Waals surface area (Å²) in [5, 5.41) is 3.58. The van der Waals surface area contributed by atoms with Crippen LogP contribution in [0.5, 0.6) is 0 Å². The van der Waals surface area contributed by atoms with Crippen molar-refractivity contribution < 1.29 is 0 Å². The molecule has 1 unspecified atom stereocenters. The molecule has 0 bridgehead atoms. The van der Waals surface area contributed by atoms with Crippen molar-refractivity contribution in [1.29, 1.82) is 0 Å². The first kappa shape index (κ1) is 13.8. The highest BCUT2D eigenvalue weighted by Gasteiger charge is 2.06. The van der Waals surface area contributed by atoms with Crippen LogP contribution in [0.1, 0.15) is 35.1 Å². The Bertz CT molecular complexity index is 496. The average molecular weight is 253 g/mol. The third-order valence-corrected chi connectivity index (χ3v) is 3.77. The molecule has 0 saturated carbocycles. The fourth-order valence-electron chi connectivity index (χ4n) is 2.44. The highest BCUT2D eigenvalue weighted by atomic mass is 14.9. The topological polar surface area (TPSA) is 12.0 Å². The number of aryl methyl sites for hydroxylation is 2. The predicted octanol–water partition coefficient (Wildman–Crippen LogP) is 4.20. The van der Waals surface area contributed by atoms with Gasteiger partial charge in [0.05, 0.1) is 0 Å².